The van der Waals surface area contributed by atoms with Crippen LogP contribution in [0.25, 0.3) is 11.4 Å². The van der Waals surface area contributed by atoms with Crippen LogP contribution >= 0.6 is 0 Å². The zero-order valence-electron chi connectivity index (χ0n) is 23.5. The average molecular weight is 521 g/mol. The van der Waals surface area contributed by atoms with Crippen molar-refractivity contribution in [1.82, 2.24) is 20.1 Å². The lowest BCUT2D eigenvalue weighted by Gasteiger charge is -2.21. The van der Waals surface area contributed by atoms with Gasteiger partial charge in [0.15, 0.2) is 0 Å². The maximum Gasteiger partial charge on any atom is 0.255 e. The van der Waals surface area contributed by atoms with E-state index in [4.69, 9.17) is 0 Å². The molecule has 0 radical (unpaired) electrons. The third-order valence-electron chi connectivity index (χ3n) is 7.20. The Morgan fingerprint density at radius 3 is 2.54 bits per heavy atom. The molecule has 4 aromatic rings. The van der Waals surface area contributed by atoms with Gasteiger partial charge in [-0.3, -0.25) is 9.78 Å². The highest BCUT2D eigenvalue weighted by atomic mass is 16.1. The molecule has 200 valence electrons. The molecule has 7 nitrogen and oxygen atoms in total. The second-order valence-corrected chi connectivity index (χ2v) is 11.0. The van der Waals surface area contributed by atoms with E-state index in [2.05, 4.69) is 78.6 Å². The topological polar surface area (TPSA) is 75.1 Å². The summed E-state index contributed by atoms with van der Waals surface area (Å²) in [6.45, 7) is 13.1. The summed E-state index contributed by atoms with van der Waals surface area (Å²) < 4.78 is 2.00. The number of rotatable bonds is 6. The van der Waals surface area contributed by atoms with E-state index in [9.17, 15) is 4.79 Å². The Bertz CT molecular complexity index is 1540. The molecule has 1 amide bonds. The number of anilines is 2. The van der Waals surface area contributed by atoms with Gasteiger partial charge in [0.2, 0.25) is 0 Å². The lowest BCUT2D eigenvalue weighted by atomic mass is 9.88. The first-order chi connectivity index (χ1) is 18.7. The van der Waals surface area contributed by atoms with Crippen molar-refractivity contribution in [1.29, 1.82) is 0 Å². The molecule has 39 heavy (non-hydrogen) atoms. The Morgan fingerprint density at radius 2 is 1.82 bits per heavy atom. The summed E-state index contributed by atoms with van der Waals surface area (Å²) in [5.41, 5.74) is 9.52. The quantitative estimate of drug-likeness (QED) is 0.309. The van der Waals surface area contributed by atoms with Gasteiger partial charge in [-0.2, -0.15) is 5.10 Å². The van der Waals surface area contributed by atoms with Crippen molar-refractivity contribution in [3.05, 3.63) is 107 Å². The molecular formula is C32H36N6O. The molecular weight excluding hydrogens is 484 g/mol. The third kappa shape index (κ3) is 5.30. The second kappa shape index (κ2) is 10.4. The number of benzene rings is 2. The number of pyridine rings is 1. The fourth-order valence-corrected chi connectivity index (χ4v) is 4.79. The standard InChI is InChI=1S/C32H36N6O/c1-7-29-26(18-35-38(29)25-11-9-8-10-12-25)28-19-37(20-34-28)30-15-23(14-13-21(30)2)31(39)36-27-16-24(32(4,5)6)17-33-22(27)3/h8-19,34H,7,20H2,1-6H3,(H,36,39). The Balaban J connectivity index is 1.41. The molecule has 0 fully saturated rings. The molecule has 1 aliphatic rings. The zero-order chi connectivity index (χ0) is 27.7. The van der Waals surface area contributed by atoms with Crippen LogP contribution in [0.2, 0.25) is 0 Å². The highest BCUT2D eigenvalue weighted by Gasteiger charge is 2.22. The molecule has 0 atom stereocenters. The molecule has 3 heterocycles. The molecule has 0 bridgehead atoms. The SMILES string of the molecule is CCc1c(C2=CN(c3cc(C(=O)Nc4cc(C(C)(C)C)cnc4C)ccc3C)CN2)cnn1-c1ccccc1. The van der Waals surface area contributed by atoms with E-state index in [0.29, 0.717) is 12.2 Å². The van der Waals surface area contributed by atoms with Gasteiger partial charge in [0, 0.05) is 29.2 Å². The molecule has 0 saturated heterocycles. The Morgan fingerprint density at radius 1 is 1.05 bits per heavy atom. The van der Waals surface area contributed by atoms with Crippen molar-refractivity contribution in [2.45, 2.75) is 53.4 Å². The predicted octanol–water partition coefficient (Wildman–Crippen LogP) is 6.36. The van der Waals surface area contributed by atoms with Crippen LogP contribution in [0.1, 0.15) is 66.1 Å². The number of hydrogen-bond acceptors (Lipinski definition) is 5. The van der Waals surface area contributed by atoms with Crippen molar-refractivity contribution in [3.8, 4) is 5.69 Å². The minimum atomic E-state index is -0.152. The maximum absolute atomic E-state index is 13.3. The summed E-state index contributed by atoms with van der Waals surface area (Å²) in [7, 11) is 0. The van der Waals surface area contributed by atoms with Crippen LogP contribution < -0.4 is 15.5 Å². The highest BCUT2D eigenvalue weighted by Crippen LogP contribution is 2.30. The number of carbonyl (C=O) groups is 1. The van der Waals surface area contributed by atoms with E-state index in [-0.39, 0.29) is 11.3 Å². The van der Waals surface area contributed by atoms with E-state index in [1.165, 1.54) is 0 Å². The lowest BCUT2D eigenvalue weighted by molar-refractivity contribution is 0.102. The number of amides is 1. The summed E-state index contributed by atoms with van der Waals surface area (Å²) in [6, 6.07) is 18.0. The predicted molar refractivity (Wildman–Crippen MR) is 158 cm³/mol. The second-order valence-electron chi connectivity index (χ2n) is 11.0. The zero-order valence-corrected chi connectivity index (χ0v) is 23.5. The van der Waals surface area contributed by atoms with Gasteiger partial charge >= 0.3 is 0 Å². The number of nitrogens with one attached hydrogen (secondary N) is 2. The largest absolute Gasteiger partial charge is 0.366 e. The van der Waals surface area contributed by atoms with Gasteiger partial charge in [-0.15, -0.1) is 0 Å². The molecule has 1 aliphatic heterocycles. The number of aromatic nitrogens is 3. The van der Waals surface area contributed by atoms with Gasteiger partial charge in [0.05, 0.1) is 41.3 Å². The summed E-state index contributed by atoms with van der Waals surface area (Å²) in [5, 5.41) is 11.3. The van der Waals surface area contributed by atoms with Crippen LogP contribution in [0, 0.1) is 13.8 Å². The molecule has 5 rings (SSSR count). The number of hydrogen-bond donors (Lipinski definition) is 2. The van der Waals surface area contributed by atoms with E-state index in [1.807, 2.05) is 66.5 Å². The molecule has 2 aromatic carbocycles. The Hall–Kier alpha value is -4.39. The van der Waals surface area contributed by atoms with Crippen molar-refractivity contribution < 1.29 is 4.79 Å². The molecule has 0 spiro atoms. The van der Waals surface area contributed by atoms with Crippen molar-refractivity contribution in [3.63, 3.8) is 0 Å². The first kappa shape index (κ1) is 26.2. The van der Waals surface area contributed by atoms with Crippen LogP contribution in [-0.4, -0.2) is 27.3 Å². The summed E-state index contributed by atoms with van der Waals surface area (Å²) in [6.07, 6.45) is 6.76. The summed E-state index contributed by atoms with van der Waals surface area (Å²) >= 11 is 0. The van der Waals surface area contributed by atoms with Gasteiger partial charge in [-0.25, -0.2) is 4.68 Å². The lowest BCUT2D eigenvalue weighted by Crippen LogP contribution is -2.22. The van der Waals surface area contributed by atoms with Gasteiger partial charge in [-0.1, -0.05) is 52.0 Å². The van der Waals surface area contributed by atoms with E-state index >= 15 is 0 Å². The van der Waals surface area contributed by atoms with Crippen LogP contribution in [0.3, 0.4) is 0 Å². The minimum absolute atomic E-state index is 0.0563. The van der Waals surface area contributed by atoms with Crippen LogP contribution in [0.15, 0.2) is 73.2 Å². The van der Waals surface area contributed by atoms with E-state index in [0.717, 1.165) is 57.3 Å². The molecule has 2 aromatic heterocycles. The number of nitrogens with zero attached hydrogens (tertiary/aromatic N) is 4. The number of carbonyl (C=O) groups excluding carboxylic acids is 1. The van der Waals surface area contributed by atoms with Gasteiger partial charge in [0.1, 0.15) is 0 Å². The van der Waals surface area contributed by atoms with E-state index in [1.54, 1.807) is 0 Å². The maximum atomic E-state index is 13.3. The molecule has 0 unspecified atom stereocenters. The summed E-state index contributed by atoms with van der Waals surface area (Å²) in [5.74, 6) is -0.152. The molecule has 0 aliphatic carbocycles. The monoisotopic (exact) mass is 520 g/mol. The third-order valence-corrected chi connectivity index (χ3v) is 7.20. The number of aryl methyl sites for hydroxylation is 2. The fraction of sp³-hybridized carbons (Fsp3) is 0.281. The van der Waals surface area contributed by atoms with Crippen LogP contribution in [-0.2, 0) is 11.8 Å². The van der Waals surface area contributed by atoms with Gasteiger partial charge in [0.25, 0.3) is 5.91 Å². The highest BCUT2D eigenvalue weighted by molar-refractivity contribution is 6.05. The van der Waals surface area contributed by atoms with Gasteiger partial charge < -0.3 is 15.5 Å². The fourth-order valence-electron chi connectivity index (χ4n) is 4.79. The Kier molecular flexibility index (Phi) is 7.00. The van der Waals surface area contributed by atoms with Crippen LogP contribution in [0.5, 0.6) is 0 Å². The van der Waals surface area contributed by atoms with Crippen LogP contribution in [0.4, 0.5) is 11.4 Å². The van der Waals surface area contributed by atoms with Gasteiger partial charge in [-0.05, 0) is 67.1 Å². The summed E-state index contributed by atoms with van der Waals surface area (Å²) in [4.78, 5) is 20.0. The first-order valence-corrected chi connectivity index (χ1v) is 13.4. The van der Waals surface area contributed by atoms with Crippen molar-refractivity contribution in [2.75, 3.05) is 16.9 Å². The number of para-hydroxylation sites is 1. The molecule has 2 N–H and O–H groups in total. The minimum Gasteiger partial charge on any atom is -0.366 e. The normalized spacial score (nSPS) is 13.3. The average Bonchev–Trinajstić information content (AvgIpc) is 3.57. The molecule has 0 saturated carbocycles. The van der Waals surface area contributed by atoms with Crippen molar-refractivity contribution in [2.24, 2.45) is 0 Å². The Labute approximate surface area is 230 Å². The smallest absolute Gasteiger partial charge is 0.255 e. The first-order valence-electron chi connectivity index (χ1n) is 13.4. The molecule has 7 heteroatoms. The van der Waals surface area contributed by atoms with Crippen molar-refractivity contribution >= 4 is 23.0 Å². The van der Waals surface area contributed by atoms with E-state index < -0.39 is 0 Å².